The Bertz CT molecular complexity index is 1360. The van der Waals surface area contributed by atoms with Crippen LogP contribution in [0.5, 0.6) is 11.5 Å². The van der Waals surface area contributed by atoms with E-state index in [-0.39, 0.29) is 6.10 Å². The molecule has 0 amide bonds. The molecule has 3 heterocycles. The average molecular weight is 478 g/mol. The van der Waals surface area contributed by atoms with Crippen LogP contribution in [0.4, 0.5) is 11.5 Å². The van der Waals surface area contributed by atoms with Gasteiger partial charge in [-0.3, -0.25) is 4.90 Å². The second kappa shape index (κ2) is 8.83. The second-order valence-electron chi connectivity index (χ2n) is 8.69. The summed E-state index contributed by atoms with van der Waals surface area (Å²) in [5, 5.41) is 18.8. The molecular formula is C26H24ClN3O4. The molecule has 4 aromatic rings. The number of nitrogens with one attached hydrogen (secondary N) is 1. The number of β-amino-alcohol motifs (C(OH)–C–C–N with tert-alkyl or cyclic N) is 1. The SMILES string of the molecule is OC1CCN(Cc2ccc3c(Nc4cccc(-c5ccc6c(c5)OCCO6)c4Cl)noc3c2)C1. The number of nitrogens with zero attached hydrogens (tertiary/aromatic N) is 2. The van der Waals surface area contributed by atoms with Crippen molar-refractivity contribution in [1.82, 2.24) is 10.1 Å². The molecule has 0 spiro atoms. The standard InChI is InChI=1S/C26H24ClN3O4/c27-25-19(17-5-7-22-24(13-17)33-11-10-32-22)2-1-3-21(25)28-26-20-6-4-16(12-23(20)34-29-26)14-30-9-8-18(31)15-30/h1-7,12-13,18,31H,8-11,14-15H2,(H,28,29). The summed E-state index contributed by atoms with van der Waals surface area (Å²) in [5.41, 5.74) is 4.40. The Hall–Kier alpha value is -3.26. The Labute approximate surface area is 201 Å². The van der Waals surface area contributed by atoms with Gasteiger partial charge >= 0.3 is 0 Å². The molecule has 0 bridgehead atoms. The number of hydrogen-bond acceptors (Lipinski definition) is 7. The maximum atomic E-state index is 9.76. The maximum absolute atomic E-state index is 9.76. The Morgan fingerprint density at radius 2 is 1.94 bits per heavy atom. The number of likely N-dealkylation sites (tertiary alicyclic amines) is 1. The van der Waals surface area contributed by atoms with Crippen LogP contribution in [0.15, 0.2) is 59.1 Å². The molecule has 34 heavy (non-hydrogen) atoms. The molecule has 1 unspecified atom stereocenters. The summed E-state index contributed by atoms with van der Waals surface area (Å²) < 4.78 is 17.0. The minimum absolute atomic E-state index is 0.229. The van der Waals surface area contributed by atoms with Gasteiger partial charge < -0.3 is 24.4 Å². The molecule has 8 heteroatoms. The third kappa shape index (κ3) is 4.07. The number of rotatable bonds is 5. The van der Waals surface area contributed by atoms with E-state index in [9.17, 15) is 5.11 Å². The number of halogens is 1. The van der Waals surface area contributed by atoms with E-state index in [1.54, 1.807) is 0 Å². The fourth-order valence-corrected chi connectivity index (χ4v) is 4.86. The predicted molar refractivity (Wildman–Crippen MR) is 131 cm³/mol. The highest BCUT2D eigenvalue weighted by Crippen LogP contribution is 2.40. The minimum atomic E-state index is -0.229. The van der Waals surface area contributed by atoms with Crippen LogP contribution in [0.1, 0.15) is 12.0 Å². The van der Waals surface area contributed by atoms with E-state index in [0.29, 0.717) is 36.2 Å². The van der Waals surface area contributed by atoms with Gasteiger partial charge in [0.1, 0.15) is 13.2 Å². The number of hydrogen-bond donors (Lipinski definition) is 2. The van der Waals surface area contributed by atoms with E-state index in [1.807, 2.05) is 48.5 Å². The van der Waals surface area contributed by atoms with E-state index < -0.39 is 0 Å². The van der Waals surface area contributed by atoms with Crippen molar-refractivity contribution in [2.75, 3.05) is 31.6 Å². The summed E-state index contributed by atoms with van der Waals surface area (Å²) in [7, 11) is 0. The van der Waals surface area contributed by atoms with Crippen molar-refractivity contribution < 1.29 is 19.1 Å². The van der Waals surface area contributed by atoms with Gasteiger partial charge in [-0.1, -0.05) is 41.0 Å². The molecule has 1 atom stereocenters. The highest BCUT2D eigenvalue weighted by Gasteiger charge is 2.21. The van der Waals surface area contributed by atoms with Crippen LogP contribution in [0, 0.1) is 0 Å². The van der Waals surface area contributed by atoms with E-state index >= 15 is 0 Å². The molecule has 2 aliphatic rings. The molecule has 174 valence electrons. The summed E-state index contributed by atoms with van der Waals surface area (Å²) >= 11 is 6.81. The lowest BCUT2D eigenvalue weighted by atomic mass is 10.0. The van der Waals surface area contributed by atoms with E-state index in [2.05, 4.69) is 21.4 Å². The van der Waals surface area contributed by atoms with E-state index in [1.165, 1.54) is 0 Å². The summed E-state index contributed by atoms with van der Waals surface area (Å²) in [4.78, 5) is 2.24. The van der Waals surface area contributed by atoms with Crippen LogP contribution >= 0.6 is 11.6 Å². The molecule has 0 saturated carbocycles. The van der Waals surface area contributed by atoms with Crippen molar-refractivity contribution in [2.45, 2.75) is 19.1 Å². The lowest BCUT2D eigenvalue weighted by Gasteiger charge is -2.19. The van der Waals surface area contributed by atoms with Crippen molar-refractivity contribution in [2.24, 2.45) is 0 Å². The Kier molecular flexibility index (Phi) is 5.53. The first kappa shape index (κ1) is 21.3. The number of fused-ring (bicyclic) bond motifs is 2. The van der Waals surface area contributed by atoms with Crippen LogP contribution in [0.3, 0.4) is 0 Å². The monoisotopic (exact) mass is 477 g/mol. The number of aliphatic hydroxyl groups excluding tert-OH is 1. The summed E-state index contributed by atoms with van der Waals surface area (Å²) in [5.74, 6) is 2.08. The van der Waals surface area contributed by atoms with Gasteiger partial charge in [-0.2, -0.15) is 0 Å². The third-order valence-corrected chi connectivity index (χ3v) is 6.70. The predicted octanol–water partition coefficient (Wildman–Crippen LogP) is 5.23. The van der Waals surface area contributed by atoms with Crippen LogP contribution in [-0.2, 0) is 6.54 Å². The Morgan fingerprint density at radius 1 is 1.06 bits per heavy atom. The fourth-order valence-electron chi connectivity index (χ4n) is 4.57. The smallest absolute Gasteiger partial charge is 0.181 e. The first-order valence-corrected chi connectivity index (χ1v) is 11.8. The zero-order chi connectivity index (χ0) is 23.1. The number of anilines is 2. The maximum Gasteiger partial charge on any atom is 0.181 e. The minimum Gasteiger partial charge on any atom is -0.486 e. The number of aromatic nitrogens is 1. The van der Waals surface area contributed by atoms with Gasteiger partial charge in [0.2, 0.25) is 0 Å². The molecule has 1 aromatic heterocycles. The van der Waals surface area contributed by atoms with Crippen LogP contribution in [-0.4, -0.2) is 47.6 Å². The average Bonchev–Trinajstić information content (AvgIpc) is 3.45. The first-order valence-electron chi connectivity index (χ1n) is 11.4. The van der Waals surface area contributed by atoms with Gasteiger partial charge in [0, 0.05) is 25.2 Å². The quantitative estimate of drug-likeness (QED) is 0.407. The molecule has 6 rings (SSSR count). The number of ether oxygens (including phenoxy) is 2. The zero-order valence-corrected chi connectivity index (χ0v) is 19.2. The zero-order valence-electron chi connectivity index (χ0n) is 18.5. The van der Waals surface area contributed by atoms with Gasteiger partial charge in [0.25, 0.3) is 0 Å². The van der Waals surface area contributed by atoms with Gasteiger partial charge in [0.05, 0.1) is 22.2 Å². The third-order valence-electron chi connectivity index (χ3n) is 6.30. The van der Waals surface area contributed by atoms with Gasteiger partial charge in [-0.15, -0.1) is 0 Å². The lowest BCUT2D eigenvalue weighted by molar-refractivity contribution is 0.171. The van der Waals surface area contributed by atoms with Crippen LogP contribution < -0.4 is 14.8 Å². The van der Waals surface area contributed by atoms with Crippen molar-refractivity contribution in [3.8, 4) is 22.6 Å². The summed E-state index contributed by atoms with van der Waals surface area (Å²) in [6.45, 7) is 3.48. The molecule has 3 aromatic carbocycles. The molecule has 2 aliphatic heterocycles. The first-order chi connectivity index (χ1) is 16.6. The highest BCUT2D eigenvalue weighted by molar-refractivity contribution is 6.36. The largest absolute Gasteiger partial charge is 0.486 e. The second-order valence-corrected chi connectivity index (χ2v) is 9.07. The van der Waals surface area contributed by atoms with Gasteiger partial charge in [-0.05, 0) is 47.9 Å². The summed E-state index contributed by atoms with van der Waals surface area (Å²) in [6.07, 6.45) is 0.595. The van der Waals surface area contributed by atoms with Crippen molar-refractivity contribution in [3.05, 3.63) is 65.2 Å². The van der Waals surface area contributed by atoms with E-state index in [0.717, 1.165) is 58.8 Å². The Morgan fingerprint density at radius 3 is 2.79 bits per heavy atom. The molecule has 1 saturated heterocycles. The number of aliphatic hydroxyl groups is 1. The van der Waals surface area contributed by atoms with E-state index in [4.69, 9.17) is 25.6 Å². The molecule has 2 N–H and O–H groups in total. The van der Waals surface area contributed by atoms with Gasteiger partial charge in [0.15, 0.2) is 22.9 Å². The topological polar surface area (TPSA) is 80.0 Å². The molecule has 0 radical (unpaired) electrons. The molecule has 0 aliphatic carbocycles. The lowest BCUT2D eigenvalue weighted by Crippen LogP contribution is -2.21. The van der Waals surface area contributed by atoms with Crippen LogP contribution in [0.2, 0.25) is 5.02 Å². The Balaban J connectivity index is 1.25. The fraction of sp³-hybridized carbons (Fsp3) is 0.269. The van der Waals surface area contributed by atoms with Crippen molar-refractivity contribution in [3.63, 3.8) is 0 Å². The molecule has 7 nitrogen and oxygen atoms in total. The van der Waals surface area contributed by atoms with Crippen molar-refractivity contribution in [1.29, 1.82) is 0 Å². The summed E-state index contributed by atoms with van der Waals surface area (Å²) in [6, 6.07) is 17.8. The van der Waals surface area contributed by atoms with Crippen molar-refractivity contribution >= 4 is 34.1 Å². The van der Waals surface area contributed by atoms with Gasteiger partial charge in [-0.25, -0.2) is 0 Å². The normalized spacial score (nSPS) is 17.9. The molecular weight excluding hydrogens is 454 g/mol. The number of benzene rings is 3. The van der Waals surface area contributed by atoms with Crippen LogP contribution in [0.25, 0.3) is 22.1 Å². The molecule has 1 fully saturated rings. The highest BCUT2D eigenvalue weighted by atomic mass is 35.5.